The van der Waals surface area contributed by atoms with Crippen LogP contribution >= 0.6 is 7.51 Å². The van der Waals surface area contributed by atoms with Crippen LogP contribution in [-0.4, -0.2) is 48.1 Å². The monoisotopic (exact) mass is 253 g/mol. The maximum absolute atomic E-state index is 10.6. The molecule has 0 aliphatic heterocycles. The summed E-state index contributed by atoms with van der Waals surface area (Å²) in [6, 6.07) is 0. The van der Waals surface area contributed by atoms with E-state index in [-0.39, 0.29) is 0 Å². The van der Waals surface area contributed by atoms with E-state index in [1.165, 1.54) is 27.6 Å². The Bertz CT molecular complexity index is 302. The predicted molar refractivity (Wildman–Crippen MR) is 57.6 cm³/mol. The summed E-state index contributed by atoms with van der Waals surface area (Å²) in [5, 5.41) is 17.3. The third-order valence-electron chi connectivity index (χ3n) is 1.77. The van der Waals surface area contributed by atoms with Crippen molar-refractivity contribution in [2.45, 2.75) is 26.1 Å². The largest absolute Gasteiger partial charge is 0.479 e. The fourth-order valence-electron chi connectivity index (χ4n) is 0.796. The summed E-state index contributed by atoms with van der Waals surface area (Å²) in [4.78, 5) is 21.2. The predicted octanol–water partition coefficient (Wildman–Crippen LogP) is 1.26. The first-order chi connectivity index (χ1) is 7.22. The topological polar surface area (TPSA) is 105 Å². The van der Waals surface area contributed by atoms with Crippen molar-refractivity contribution < 1.29 is 28.8 Å². The molecule has 2 N–H and O–H groups in total. The zero-order valence-electron chi connectivity index (χ0n) is 9.58. The van der Waals surface area contributed by atoms with Gasteiger partial charge in [0.2, 0.25) is 7.51 Å². The molecule has 0 aromatic carbocycles. The van der Waals surface area contributed by atoms with Gasteiger partial charge in [-0.15, -0.1) is 0 Å². The molecule has 2 atom stereocenters. The summed E-state index contributed by atoms with van der Waals surface area (Å²) in [5.74, 6) is -2.30. The lowest BCUT2D eigenvalue weighted by atomic mass is 10.4. The van der Waals surface area contributed by atoms with Gasteiger partial charge in [-0.05, 0) is 13.8 Å². The van der Waals surface area contributed by atoms with Crippen LogP contribution in [0.25, 0.3) is 0 Å². The summed E-state index contributed by atoms with van der Waals surface area (Å²) in [7, 11) is -1.41. The Morgan fingerprint density at radius 3 is 1.62 bits per heavy atom. The van der Waals surface area contributed by atoms with Gasteiger partial charge in [0.15, 0.2) is 12.2 Å². The number of carboxylic acids is 2. The third-order valence-corrected chi connectivity index (χ3v) is 3.91. The second kappa shape index (κ2) is 5.98. The molecule has 0 aromatic heterocycles. The number of nitrogens with zero attached hydrogens (tertiary/aromatic N) is 1. The number of aliphatic carboxylic acids is 2. The highest BCUT2D eigenvalue weighted by atomic mass is 31.2. The molecule has 0 rings (SSSR count). The Morgan fingerprint density at radius 2 is 1.44 bits per heavy atom. The van der Waals surface area contributed by atoms with Crippen molar-refractivity contribution in [1.29, 1.82) is 0 Å². The Morgan fingerprint density at radius 1 is 1.12 bits per heavy atom. The molecular weight excluding hydrogens is 237 g/mol. The van der Waals surface area contributed by atoms with Crippen molar-refractivity contribution in [3.63, 3.8) is 0 Å². The summed E-state index contributed by atoms with van der Waals surface area (Å²) in [6.07, 6.45) is -2.19. The first-order valence-corrected chi connectivity index (χ1v) is 6.54. The number of hydrogen-bond acceptors (Lipinski definition) is 5. The second-order valence-electron chi connectivity index (χ2n) is 3.17. The van der Waals surface area contributed by atoms with Crippen molar-refractivity contribution >= 4 is 19.4 Å². The van der Waals surface area contributed by atoms with Crippen LogP contribution in [0.2, 0.25) is 0 Å². The van der Waals surface area contributed by atoms with Crippen molar-refractivity contribution in [2.24, 2.45) is 4.74 Å². The molecule has 0 saturated heterocycles. The zero-order chi connectivity index (χ0) is 12.9. The van der Waals surface area contributed by atoms with Gasteiger partial charge in [-0.3, -0.25) is 4.74 Å². The Balaban J connectivity index is 4.68. The highest BCUT2D eigenvalue weighted by Crippen LogP contribution is 2.49. The number of hydrogen-bond donors (Lipinski definition) is 2. The van der Waals surface area contributed by atoms with Crippen molar-refractivity contribution in [2.75, 3.05) is 13.7 Å². The molecule has 0 aliphatic rings. The Kier molecular flexibility index (Phi) is 5.64. The van der Waals surface area contributed by atoms with E-state index in [1.807, 2.05) is 0 Å². The van der Waals surface area contributed by atoms with Gasteiger partial charge in [0.1, 0.15) is 0 Å². The number of carbonyl (C=O) groups is 2. The fraction of sp³-hybridized carbons (Fsp3) is 0.750. The van der Waals surface area contributed by atoms with Gasteiger partial charge in [0, 0.05) is 13.7 Å². The number of rotatable bonds is 6. The first kappa shape index (κ1) is 15.1. The molecule has 0 radical (unpaired) electrons. The van der Waals surface area contributed by atoms with Gasteiger partial charge in [-0.25, -0.2) is 9.59 Å². The minimum atomic E-state index is -2.81. The van der Waals surface area contributed by atoms with E-state index in [0.29, 0.717) is 0 Å². The molecule has 0 spiro atoms. The van der Waals surface area contributed by atoms with Gasteiger partial charge < -0.3 is 19.3 Å². The quantitative estimate of drug-likeness (QED) is 0.690. The van der Waals surface area contributed by atoms with E-state index < -0.39 is 31.7 Å². The van der Waals surface area contributed by atoms with E-state index in [0.717, 1.165) is 0 Å². The van der Waals surface area contributed by atoms with Crippen LogP contribution in [0.5, 0.6) is 0 Å². The molecule has 0 aliphatic carbocycles. The van der Waals surface area contributed by atoms with Crippen LogP contribution in [0.4, 0.5) is 0 Å². The smallest absolute Gasteiger partial charge is 0.333 e. The van der Waals surface area contributed by atoms with Crippen molar-refractivity contribution in [3.05, 3.63) is 0 Å². The third kappa shape index (κ3) is 4.74. The maximum atomic E-state index is 10.6. The fourth-order valence-corrected chi connectivity index (χ4v) is 2.39. The van der Waals surface area contributed by atoms with Crippen LogP contribution in [0.3, 0.4) is 0 Å². The van der Waals surface area contributed by atoms with Gasteiger partial charge >= 0.3 is 11.9 Å². The summed E-state index contributed by atoms with van der Waals surface area (Å²) in [5.41, 5.74) is 0. The van der Waals surface area contributed by atoms with E-state index in [2.05, 4.69) is 4.74 Å². The number of carboxylic acid groups (broad SMARTS) is 2. The van der Waals surface area contributed by atoms with Crippen molar-refractivity contribution in [3.8, 4) is 0 Å². The highest BCUT2D eigenvalue weighted by molar-refractivity contribution is 7.55. The molecule has 0 saturated carbocycles. The van der Waals surface area contributed by atoms with E-state index >= 15 is 0 Å². The lowest BCUT2D eigenvalue weighted by Gasteiger charge is -2.23. The van der Waals surface area contributed by atoms with Crippen LogP contribution in [0, 0.1) is 0 Å². The van der Waals surface area contributed by atoms with Crippen LogP contribution < -0.4 is 0 Å². The molecule has 8 heteroatoms. The Labute approximate surface area is 93.6 Å². The SMILES string of the molecule is CN=P(C)(OC(C)C(=O)O)OC(C)C(=O)O. The molecule has 0 amide bonds. The molecule has 0 bridgehead atoms. The second-order valence-corrected chi connectivity index (χ2v) is 5.60. The molecule has 94 valence electrons. The van der Waals surface area contributed by atoms with E-state index in [4.69, 9.17) is 19.3 Å². The van der Waals surface area contributed by atoms with E-state index in [1.54, 1.807) is 0 Å². The van der Waals surface area contributed by atoms with Crippen LogP contribution in [0.15, 0.2) is 4.74 Å². The lowest BCUT2D eigenvalue weighted by Crippen LogP contribution is -2.23. The first-order valence-electron chi connectivity index (χ1n) is 4.52. The molecule has 0 fully saturated rings. The van der Waals surface area contributed by atoms with E-state index in [9.17, 15) is 9.59 Å². The normalized spacial score (nSPS) is 18.2. The van der Waals surface area contributed by atoms with Crippen LogP contribution in [-0.2, 0) is 18.6 Å². The molecule has 7 nitrogen and oxygen atoms in total. The van der Waals surface area contributed by atoms with Gasteiger partial charge in [0.25, 0.3) is 0 Å². The van der Waals surface area contributed by atoms with Gasteiger partial charge in [-0.2, -0.15) is 0 Å². The maximum Gasteiger partial charge on any atom is 0.333 e. The zero-order valence-corrected chi connectivity index (χ0v) is 10.5. The average molecular weight is 253 g/mol. The molecule has 0 aromatic rings. The Hall–Kier alpha value is -0.910. The van der Waals surface area contributed by atoms with Crippen molar-refractivity contribution in [1.82, 2.24) is 0 Å². The minimum Gasteiger partial charge on any atom is -0.479 e. The van der Waals surface area contributed by atoms with Crippen LogP contribution in [0.1, 0.15) is 13.8 Å². The molecular formula is C8H16NO6P. The molecule has 0 heterocycles. The van der Waals surface area contributed by atoms with Gasteiger partial charge in [0.05, 0.1) is 0 Å². The highest BCUT2D eigenvalue weighted by Gasteiger charge is 2.26. The molecule has 16 heavy (non-hydrogen) atoms. The summed E-state index contributed by atoms with van der Waals surface area (Å²) >= 11 is 0. The van der Waals surface area contributed by atoms with Gasteiger partial charge in [-0.1, -0.05) is 0 Å². The molecule has 2 unspecified atom stereocenters. The summed E-state index contributed by atoms with van der Waals surface area (Å²) in [6.45, 7) is 4.13. The standard InChI is InChI=1S/C8H16NO6P/c1-5(7(10)11)14-16(4,9-3)15-6(2)8(12)13/h5-6H,1-4H3,(H,10,11)(H,12,13). The summed E-state index contributed by atoms with van der Waals surface area (Å²) < 4.78 is 14.1. The lowest BCUT2D eigenvalue weighted by molar-refractivity contribution is -0.145. The average Bonchev–Trinajstić information content (AvgIpc) is 2.17. The minimum absolute atomic E-state index is 1.09.